The summed E-state index contributed by atoms with van der Waals surface area (Å²) >= 11 is 0. The highest BCUT2D eigenvalue weighted by atomic mass is 16.5. The van der Waals surface area contributed by atoms with E-state index in [-0.39, 0.29) is 5.60 Å². The SMILES string of the molecule is CCCc1cc(NCC)nc(C2(OCC)CCOCC2)n1. The second-order valence-corrected chi connectivity index (χ2v) is 5.39. The monoisotopic (exact) mass is 293 g/mol. The van der Waals surface area contributed by atoms with Crippen molar-refractivity contribution < 1.29 is 9.47 Å². The van der Waals surface area contributed by atoms with Gasteiger partial charge < -0.3 is 14.8 Å². The van der Waals surface area contributed by atoms with E-state index >= 15 is 0 Å². The van der Waals surface area contributed by atoms with Crippen LogP contribution in [0.4, 0.5) is 5.82 Å². The van der Waals surface area contributed by atoms with Crippen LogP contribution in [0, 0.1) is 0 Å². The van der Waals surface area contributed by atoms with Crippen LogP contribution in [0.3, 0.4) is 0 Å². The van der Waals surface area contributed by atoms with Gasteiger partial charge in [-0.1, -0.05) is 13.3 Å². The van der Waals surface area contributed by atoms with Crippen LogP contribution < -0.4 is 5.32 Å². The van der Waals surface area contributed by atoms with Crippen molar-refractivity contribution in [3.8, 4) is 0 Å². The van der Waals surface area contributed by atoms with Crippen LogP contribution in [0.1, 0.15) is 51.6 Å². The molecule has 1 aromatic rings. The van der Waals surface area contributed by atoms with Crippen molar-refractivity contribution in [1.82, 2.24) is 9.97 Å². The molecule has 21 heavy (non-hydrogen) atoms. The van der Waals surface area contributed by atoms with Gasteiger partial charge in [0.05, 0.1) is 0 Å². The van der Waals surface area contributed by atoms with Crippen molar-refractivity contribution in [2.24, 2.45) is 0 Å². The molecule has 1 N–H and O–H groups in total. The van der Waals surface area contributed by atoms with E-state index in [4.69, 9.17) is 19.4 Å². The number of hydrogen-bond acceptors (Lipinski definition) is 5. The molecule has 0 radical (unpaired) electrons. The van der Waals surface area contributed by atoms with Crippen LogP contribution in [0.15, 0.2) is 6.07 Å². The van der Waals surface area contributed by atoms with Crippen molar-refractivity contribution >= 4 is 5.82 Å². The normalized spacial score (nSPS) is 17.7. The minimum Gasteiger partial charge on any atom is -0.381 e. The van der Waals surface area contributed by atoms with E-state index in [2.05, 4.69) is 25.2 Å². The minimum atomic E-state index is -0.388. The zero-order valence-electron chi connectivity index (χ0n) is 13.4. The van der Waals surface area contributed by atoms with Crippen LogP contribution >= 0.6 is 0 Å². The van der Waals surface area contributed by atoms with Gasteiger partial charge in [-0.2, -0.15) is 0 Å². The molecule has 2 rings (SSSR count). The molecule has 0 atom stereocenters. The third-order valence-corrected chi connectivity index (χ3v) is 3.77. The van der Waals surface area contributed by atoms with Gasteiger partial charge in [-0.25, -0.2) is 9.97 Å². The molecule has 1 aromatic heterocycles. The Bertz CT molecular complexity index is 415. The first-order chi connectivity index (χ1) is 10.2. The summed E-state index contributed by atoms with van der Waals surface area (Å²) in [7, 11) is 0. The summed E-state index contributed by atoms with van der Waals surface area (Å²) in [6, 6.07) is 2.05. The number of anilines is 1. The van der Waals surface area contributed by atoms with Crippen molar-refractivity contribution in [3.63, 3.8) is 0 Å². The Balaban J connectivity index is 2.37. The molecule has 2 heterocycles. The van der Waals surface area contributed by atoms with E-state index in [0.29, 0.717) is 19.8 Å². The van der Waals surface area contributed by atoms with Crippen LogP contribution in [0.2, 0.25) is 0 Å². The summed E-state index contributed by atoms with van der Waals surface area (Å²) in [5.41, 5.74) is 0.699. The first kappa shape index (κ1) is 16.2. The number of nitrogens with one attached hydrogen (secondary N) is 1. The largest absolute Gasteiger partial charge is 0.381 e. The maximum atomic E-state index is 6.09. The summed E-state index contributed by atoms with van der Waals surface area (Å²) in [4.78, 5) is 9.51. The van der Waals surface area contributed by atoms with Crippen LogP contribution in [-0.2, 0) is 21.5 Å². The van der Waals surface area contributed by atoms with Gasteiger partial charge in [0.2, 0.25) is 0 Å². The maximum absolute atomic E-state index is 6.09. The Morgan fingerprint density at radius 2 is 2.00 bits per heavy atom. The van der Waals surface area contributed by atoms with E-state index in [1.54, 1.807) is 0 Å². The molecule has 0 aliphatic carbocycles. The topological polar surface area (TPSA) is 56.3 Å². The molecule has 0 aromatic carbocycles. The number of ether oxygens (including phenoxy) is 2. The first-order valence-corrected chi connectivity index (χ1v) is 8.08. The zero-order chi connectivity index (χ0) is 15.1. The average Bonchev–Trinajstić information content (AvgIpc) is 2.49. The summed E-state index contributed by atoms with van der Waals surface area (Å²) in [5, 5.41) is 3.31. The van der Waals surface area contributed by atoms with Gasteiger partial charge in [0.25, 0.3) is 0 Å². The quantitative estimate of drug-likeness (QED) is 0.837. The lowest BCUT2D eigenvalue weighted by Crippen LogP contribution is -2.38. The van der Waals surface area contributed by atoms with E-state index in [0.717, 1.165) is 49.6 Å². The Hall–Kier alpha value is -1.20. The van der Waals surface area contributed by atoms with Crippen molar-refractivity contribution in [1.29, 1.82) is 0 Å². The second kappa shape index (κ2) is 7.71. The molecule has 1 fully saturated rings. The van der Waals surface area contributed by atoms with E-state index in [9.17, 15) is 0 Å². The van der Waals surface area contributed by atoms with Crippen molar-refractivity contribution in [2.45, 2.75) is 52.1 Å². The molecule has 1 saturated heterocycles. The Labute approximate surface area is 127 Å². The molecule has 118 valence electrons. The number of hydrogen-bond donors (Lipinski definition) is 1. The summed E-state index contributed by atoms with van der Waals surface area (Å²) in [5.74, 6) is 1.71. The second-order valence-electron chi connectivity index (χ2n) is 5.39. The molecular weight excluding hydrogens is 266 g/mol. The predicted molar refractivity (Wildman–Crippen MR) is 83.5 cm³/mol. The third kappa shape index (κ3) is 3.92. The van der Waals surface area contributed by atoms with E-state index < -0.39 is 0 Å². The van der Waals surface area contributed by atoms with Crippen LogP contribution in [-0.4, -0.2) is 36.3 Å². The van der Waals surface area contributed by atoms with E-state index in [1.165, 1.54) is 0 Å². The molecular formula is C16H27N3O2. The Morgan fingerprint density at radius 1 is 1.24 bits per heavy atom. The molecule has 0 spiro atoms. The molecule has 1 aliphatic heterocycles. The molecule has 5 heteroatoms. The first-order valence-electron chi connectivity index (χ1n) is 8.08. The van der Waals surface area contributed by atoms with Crippen LogP contribution in [0.25, 0.3) is 0 Å². The standard InChI is InChI=1S/C16H27N3O2/c1-4-7-13-12-14(17-5-2)19-15(18-13)16(21-6-3)8-10-20-11-9-16/h12H,4-11H2,1-3H3,(H,17,18,19). The fourth-order valence-corrected chi connectivity index (χ4v) is 2.77. The smallest absolute Gasteiger partial charge is 0.163 e. The van der Waals surface area contributed by atoms with Crippen LogP contribution in [0.5, 0.6) is 0 Å². The Kier molecular flexibility index (Phi) is 5.94. The molecule has 0 unspecified atom stereocenters. The highest BCUT2D eigenvalue weighted by Gasteiger charge is 2.38. The summed E-state index contributed by atoms with van der Waals surface area (Å²) in [6.45, 7) is 9.20. The van der Waals surface area contributed by atoms with Gasteiger partial charge in [0.1, 0.15) is 11.4 Å². The van der Waals surface area contributed by atoms with E-state index in [1.807, 2.05) is 6.92 Å². The van der Waals surface area contributed by atoms with Crippen molar-refractivity contribution in [3.05, 3.63) is 17.6 Å². The average molecular weight is 293 g/mol. The lowest BCUT2D eigenvalue weighted by Gasteiger charge is -2.35. The number of aromatic nitrogens is 2. The van der Waals surface area contributed by atoms with Gasteiger partial charge in [-0.15, -0.1) is 0 Å². The maximum Gasteiger partial charge on any atom is 0.163 e. The summed E-state index contributed by atoms with van der Waals surface area (Å²) in [6.07, 6.45) is 3.68. The molecule has 0 amide bonds. The van der Waals surface area contributed by atoms with Gasteiger partial charge in [0.15, 0.2) is 5.82 Å². The van der Waals surface area contributed by atoms with Gasteiger partial charge >= 0.3 is 0 Å². The molecule has 5 nitrogen and oxygen atoms in total. The number of nitrogens with zero attached hydrogens (tertiary/aromatic N) is 2. The lowest BCUT2D eigenvalue weighted by molar-refractivity contribution is -0.117. The highest BCUT2D eigenvalue weighted by molar-refractivity contribution is 5.37. The number of rotatable bonds is 7. The predicted octanol–water partition coefficient (Wildman–Crippen LogP) is 2.90. The van der Waals surface area contributed by atoms with Gasteiger partial charge in [-0.05, 0) is 20.3 Å². The third-order valence-electron chi connectivity index (χ3n) is 3.77. The number of aryl methyl sites for hydroxylation is 1. The highest BCUT2D eigenvalue weighted by Crippen LogP contribution is 2.34. The van der Waals surface area contributed by atoms with Gasteiger partial charge in [0, 0.05) is 51.0 Å². The zero-order valence-corrected chi connectivity index (χ0v) is 13.4. The Morgan fingerprint density at radius 3 is 2.62 bits per heavy atom. The molecule has 0 saturated carbocycles. The molecule has 1 aliphatic rings. The van der Waals surface area contributed by atoms with Gasteiger partial charge in [-0.3, -0.25) is 0 Å². The lowest BCUT2D eigenvalue weighted by atomic mass is 9.92. The minimum absolute atomic E-state index is 0.388. The summed E-state index contributed by atoms with van der Waals surface area (Å²) < 4.78 is 11.6. The fourth-order valence-electron chi connectivity index (χ4n) is 2.77. The van der Waals surface area contributed by atoms with Crippen molar-refractivity contribution in [2.75, 3.05) is 31.7 Å². The fraction of sp³-hybridized carbons (Fsp3) is 0.750. The molecule has 0 bridgehead atoms.